The van der Waals surface area contributed by atoms with Crippen LogP contribution in [0.5, 0.6) is 5.75 Å². The van der Waals surface area contributed by atoms with Gasteiger partial charge < -0.3 is 14.2 Å². The smallest absolute Gasteiger partial charge is 0.367 e. The van der Waals surface area contributed by atoms with Gasteiger partial charge in [-0.3, -0.25) is 19.2 Å². The van der Waals surface area contributed by atoms with E-state index in [4.69, 9.17) is 14.2 Å². The van der Waals surface area contributed by atoms with Crippen LogP contribution in [0.15, 0.2) is 108 Å². The highest BCUT2D eigenvalue weighted by atomic mass is 32.1. The number of hydrogen-bond acceptors (Lipinski definition) is 17. The molecule has 70 heavy (non-hydrogen) atoms. The fraction of sp³-hybridized carbons (Fsp3) is 0.0566. The molecule has 1 aliphatic heterocycles. The molecule has 4 aromatic carbocycles. The molecule has 0 radical (unpaired) electrons. The van der Waals surface area contributed by atoms with E-state index < -0.39 is 40.7 Å². The monoisotopic (exact) mass is 986 g/mol. The van der Waals surface area contributed by atoms with Gasteiger partial charge in [-0.15, -0.1) is 45.3 Å². The zero-order chi connectivity index (χ0) is 48.6. The SMILES string of the molecule is N#Cc1cc2c(cc1C#N)C(=O)C(=Cc1cc3sc4c(c3s1)OC(C(=O)OCc1ccccc1)(C(=O)OCc1ccccc1)c1c-4sc3cc(C=C4C(=O)c5cc(C#N)c(C#N)cc5C4=O)sc13)C2=O. The van der Waals surface area contributed by atoms with Gasteiger partial charge in [0.25, 0.3) is 0 Å². The number of carbonyl (C=O) groups is 6. The fourth-order valence-corrected chi connectivity index (χ4v) is 13.8. The van der Waals surface area contributed by atoms with Crippen molar-refractivity contribution in [3.05, 3.63) is 179 Å². The second kappa shape index (κ2) is 16.7. The number of ketones is 4. The molecular weight excluding hydrogens is 965 g/mol. The summed E-state index contributed by atoms with van der Waals surface area (Å²) in [5, 5.41) is 38.3. The lowest BCUT2D eigenvalue weighted by Gasteiger charge is -2.33. The van der Waals surface area contributed by atoms with E-state index in [2.05, 4.69) is 0 Å². The molecule has 3 aliphatic rings. The van der Waals surface area contributed by atoms with Gasteiger partial charge in [-0.05, 0) is 59.7 Å². The maximum absolute atomic E-state index is 15.1. The van der Waals surface area contributed by atoms with E-state index in [0.717, 1.165) is 22.7 Å². The maximum atomic E-state index is 15.1. The number of nitrogens with zero attached hydrogens (tertiary/aromatic N) is 4. The number of thiophene rings is 4. The Labute approximate surface area is 410 Å². The van der Waals surface area contributed by atoms with Crippen molar-refractivity contribution < 1.29 is 43.0 Å². The Hall–Kier alpha value is -8.94. The lowest BCUT2D eigenvalue weighted by Crippen LogP contribution is -2.52. The molecular formula is C53H22N4O9S4. The topological polar surface area (TPSA) is 225 Å². The molecule has 8 aromatic rings. The number of rotatable bonds is 8. The zero-order valence-electron chi connectivity index (χ0n) is 35.4. The predicted molar refractivity (Wildman–Crippen MR) is 258 cm³/mol. The van der Waals surface area contributed by atoms with Crippen LogP contribution in [0.25, 0.3) is 40.7 Å². The van der Waals surface area contributed by atoms with E-state index in [1.807, 2.05) is 24.3 Å². The molecule has 17 heteroatoms. The summed E-state index contributed by atoms with van der Waals surface area (Å²) in [6.07, 6.45) is 2.84. The minimum absolute atomic E-state index is 0.00301. The van der Waals surface area contributed by atoms with E-state index >= 15 is 9.59 Å². The first-order valence-corrected chi connectivity index (χ1v) is 24.1. The molecule has 0 spiro atoms. The number of ether oxygens (including phenoxy) is 3. The first-order chi connectivity index (χ1) is 34.0. The Balaban J connectivity index is 1.06. The number of hydrogen-bond donors (Lipinski definition) is 0. The van der Waals surface area contributed by atoms with Gasteiger partial charge in [0.1, 0.15) is 37.5 Å². The van der Waals surface area contributed by atoms with Gasteiger partial charge in [0.2, 0.25) is 0 Å². The molecule has 4 aromatic heterocycles. The Morgan fingerprint density at radius 1 is 0.529 bits per heavy atom. The Morgan fingerprint density at radius 2 is 0.914 bits per heavy atom. The lowest BCUT2D eigenvalue weighted by molar-refractivity contribution is -0.183. The molecule has 11 rings (SSSR count). The van der Waals surface area contributed by atoms with Gasteiger partial charge >= 0.3 is 17.5 Å². The molecule has 2 aliphatic carbocycles. The zero-order valence-corrected chi connectivity index (χ0v) is 38.7. The average molecular weight is 987 g/mol. The van der Waals surface area contributed by atoms with Crippen LogP contribution in [-0.4, -0.2) is 35.1 Å². The summed E-state index contributed by atoms with van der Waals surface area (Å²) in [5.41, 5.74) is -1.71. The number of carbonyl (C=O) groups excluding carboxylic acids is 6. The molecule has 0 bridgehead atoms. The molecule has 0 amide bonds. The highest BCUT2D eigenvalue weighted by Crippen LogP contribution is 2.61. The number of fused-ring (bicyclic) bond motifs is 9. The molecule has 0 N–H and O–H groups in total. The van der Waals surface area contributed by atoms with Crippen molar-refractivity contribution in [2.45, 2.75) is 18.8 Å². The Morgan fingerprint density at radius 3 is 1.33 bits per heavy atom. The second-order valence-corrected chi connectivity index (χ2v) is 20.2. The Bertz CT molecular complexity index is 3830. The first-order valence-electron chi connectivity index (χ1n) is 20.8. The molecule has 13 nitrogen and oxygen atoms in total. The number of esters is 2. The minimum Gasteiger partial charge on any atom is -0.457 e. The van der Waals surface area contributed by atoms with Crippen LogP contribution in [0, 0.1) is 45.3 Å². The van der Waals surface area contributed by atoms with Crippen molar-refractivity contribution in [1.29, 1.82) is 21.0 Å². The van der Waals surface area contributed by atoms with E-state index in [9.17, 15) is 40.2 Å². The van der Waals surface area contributed by atoms with Crippen LogP contribution in [0.2, 0.25) is 0 Å². The van der Waals surface area contributed by atoms with Crippen molar-refractivity contribution in [2.24, 2.45) is 0 Å². The van der Waals surface area contributed by atoms with Gasteiger partial charge in [0, 0.05) is 36.7 Å². The number of nitriles is 4. The molecule has 0 saturated carbocycles. The molecule has 0 atom stereocenters. The van der Waals surface area contributed by atoms with Crippen molar-refractivity contribution in [1.82, 2.24) is 0 Å². The quantitative estimate of drug-likeness (QED) is 0.0598. The molecule has 0 fully saturated rings. The third-order valence-corrected chi connectivity index (χ3v) is 16.7. The van der Waals surface area contributed by atoms with Crippen molar-refractivity contribution in [3.63, 3.8) is 0 Å². The van der Waals surface area contributed by atoms with Crippen LogP contribution in [-0.2, 0) is 37.9 Å². The van der Waals surface area contributed by atoms with Gasteiger partial charge in [0.15, 0.2) is 28.9 Å². The fourth-order valence-electron chi connectivity index (χ4n) is 8.53. The van der Waals surface area contributed by atoms with Crippen LogP contribution in [0.1, 0.15) is 90.1 Å². The average Bonchev–Trinajstić information content (AvgIpc) is 4.22. The summed E-state index contributed by atoms with van der Waals surface area (Å²) in [7, 11) is 0. The third kappa shape index (κ3) is 6.72. The van der Waals surface area contributed by atoms with Crippen LogP contribution < -0.4 is 4.74 Å². The molecule has 0 saturated heterocycles. The highest BCUT2D eigenvalue weighted by Gasteiger charge is 2.60. The minimum atomic E-state index is -2.59. The molecule has 332 valence electrons. The van der Waals surface area contributed by atoms with Crippen LogP contribution in [0.4, 0.5) is 0 Å². The van der Waals surface area contributed by atoms with Gasteiger partial charge in [-0.1, -0.05) is 60.7 Å². The summed E-state index contributed by atoms with van der Waals surface area (Å²) in [4.78, 5) is 86.8. The standard InChI is InChI=1S/C53H22N4O9S4/c54-19-27-11-33-34(12-28(27)20-55)43(59)37(42(33)58)15-31-17-39-47(67-31)41-49(69-39)50-46(66-53(41,51(62)64-23-25-7-3-1-4-8-25)52(63)65-24-26-9-5-2-6-10-26)48-40(70-50)18-32(68-48)16-38-44(60)35-13-29(21-56)30(22-57)14-36(35)45(38)61/h1-18H,23-24H2. The van der Waals surface area contributed by atoms with Crippen molar-refractivity contribution in [2.75, 3.05) is 0 Å². The third-order valence-electron chi connectivity index (χ3n) is 11.9. The largest absolute Gasteiger partial charge is 0.457 e. The molecule has 0 unspecified atom stereocenters. The number of allylic oxidation sites excluding steroid dienone is 2. The van der Waals surface area contributed by atoms with E-state index in [1.165, 1.54) is 59.1 Å². The maximum Gasteiger partial charge on any atom is 0.367 e. The second-order valence-electron chi connectivity index (χ2n) is 15.9. The molecule has 5 heterocycles. The summed E-state index contributed by atoms with van der Waals surface area (Å²) in [5.74, 6) is -4.48. The first kappa shape index (κ1) is 43.6. The summed E-state index contributed by atoms with van der Waals surface area (Å²) < 4.78 is 21.0. The van der Waals surface area contributed by atoms with Crippen LogP contribution in [0.3, 0.4) is 0 Å². The van der Waals surface area contributed by atoms with E-state index in [-0.39, 0.29) is 80.2 Å². The Kier molecular flexibility index (Phi) is 10.4. The highest BCUT2D eigenvalue weighted by molar-refractivity contribution is 7.35. The number of Topliss-reactive ketones (excluding diaryl/α,β-unsaturated/α-hetero) is 4. The lowest BCUT2D eigenvalue weighted by atomic mass is 9.90. The predicted octanol–water partition coefficient (Wildman–Crippen LogP) is 10.4. The van der Waals surface area contributed by atoms with Crippen LogP contribution >= 0.6 is 45.3 Å². The van der Waals surface area contributed by atoms with Gasteiger partial charge in [-0.2, -0.15) is 21.0 Å². The number of benzene rings is 4. The van der Waals surface area contributed by atoms with Gasteiger partial charge in [-0.25, -0.2) is 9.59 Å². The van der Waals surface area contributed by atoms with Crippen molar-refractivity contribution in [3.8, 4) is 39.8 Å². The summed E-state index contributed by atoms with van der Waals surface area (Å²) >= 11 is 4.79. The van der Waals surface area contributed by atoms with E-state index in [1.54, 1.807) is 72.8 Å². The van der Waals surface area contributed by atoms with Gasteiger partial charge in [0.05, 0.1) is 62.8 Å². The summed E-state index contributed by atoms with van der Waals surface area (Å²) in [6.45, 7) is -0.489. The van der Waals surface area contributed by atoms with Crippen molar-refractivity contribution >= 4 is 111 Å². The summed E-state index contributed by atoms with van der Waals surface area (Å²) in [6, 6.07) is 33.7. The van der Waals surface area contributed by atoms with E-state index in [0.29, 0.717) is 49.4 Å². The normalized spacial score (nSPS) is 13.9.